The summed E-state index contributed by atoms with van der Waals surface area (Å²) in [6.45, 7) is 0. The number of hydrogen-bond acceptors (Lipinski definition) is 5. The largest absolute Gasteiger partial charge is 0.493 e. The van der Waals surface area contributed by atoms with E-state index in [1.54, 1.807) is 26.5 Å². The molecule has 0 N–H and O–H groups in total. The summed E-state index contributed by atoms with van der Waals surface area (Å²) in [5, 5.41) is 0.971. The lowest BCUT2D eigenvalue weighted by molar-refractivity contribution is 0.356. The number of pyridine rings is 1. The van der Waals surface area contributed by atoms with Crippen LogP contribution in [0.4, 0.5) is 0 Å². The first-order valence-corrected chi connectivity index (χ1v) is 8.67. The Bertz CT molecular complexity index is 1120. The lowest BCUT2D eigenvalue weighted by Gasteiger charge is -2.12. The van der Waals surface area contributed by atoms with E-state index in [0.29, 0.717) is 22.7 Å². The molecule has 4 aromatic rings. The third-order valence-corrected chi connectivity index (χ3v) is 4.46. The van der Waals surface area contributed by atoms with Crippen molar-refractivity contribution in [3.05, 3.63) is 66.2 Å². The van der Waals surface area contributed by atoms with Crippen LogP contribution in [0.25, 0.3) is 33.3 Å². The first kappa shape index (κ1) is 17.2. The third-order valence-electron chi connectivity index (χ3n) is 4.29. The minimum absolute atomic E-state index is 0.162. The van der Waals surface area contributed by atoms with Crippen LogP contribution >= 0.6 is 11.6 Å². The topological polar surface area (TPSA) is 57.1 Å². The van der Waals surface area contributed by atoms with Crippen molar-refractivity contribution in [1.29, 1.82) is 0 Å². The van der Waals surface area contributed by atoms with E-state index < -0.39 is 0 Å². The summed E-state index contributed by atoms with van der Waals surface area (Å²) in [5.74, 6) is 1.19. The highest BCUT2D eigenvalue weighted by atomic mass is 35.5. The molecule has 0 bridgehead atoms. The molecule has 0 aliphatic heterocycles. The summed E-state index contributed by atoms with van der Waals surface area (Å²) >= 11 is 6.19. The van der Waals surface area contributed by atoms with Crippen LogP contribution in [0.5, 0.6) is 11.5 Å². The zero-order valence-electron chi connectivity index (χ0n) is 14.8. The highest BCUT2D eigenvalue weighted by Gasteiger charge is 2.15. The first-order chi connectivity index (χ1) is 13.2. The zero-order valence-corrected chi connectivity index (χ0v) is 15.6. The Morgan fingerprint density at radius 3 is 2.22 bits per heavy atom. The van der Waals surface area contributed by atoms with E-state index in [1.165, 1.54) is 0 Å². The van der Waals surface area contributed by atoms with E-state index in [9.17, 15) is 0 Å². The molecule has 6 heteroatoms. The van der Waals surface area contributed by atoms with Crippen molar-refractivity contribution in [3.8, 4) is 33.9 Å². The number of halogens is 1. The maximum Gasteiger partial charge on any atom is 0.223 e. The molecule has 134 valence electrons. The minimum atomic E-state index is 0.162. The van der Waals surface area contributed by atoms with Gasteiger partial charge >= 0.3 is 0 Å². The lowest BCUT2D eigenvalue weighted by Crippen LogP contribution is -1.96. The zero-order chi connectivity index (χ0) is 18.8. The SMILES string of the molecule is COc1cc2nc(Cl)nc(-c3cncc(-c4ccccc4)c3)c2cc1OC. The molecule has 27 heavy (non-hydrogen) atoms. The summed E-state index contributed by atoms with van der Waals surface area (Å²) < 4.78 is 10.8. The van der Waals surface area contributed by atoms with Crippen LogP contribution in [-0.2, 0) is 0 Å². The maximum absolute atomic E-state index is 6.19. The van der Waals surface area contributed by atoms with Gasteiger partial charge in [-0.05, 0) is 29.3 Å². The van der Waals surface area contributed by atoms with Crippen molar-refractivity contribution < 1.29 is 9.47 Å². The third kappa shape index (κ3) is 3.29. The molecule has 0 fully saturated rings. The Kier molecular flexibility index (Phi) is 4.60. The van der Waals surface area contributed by atoms with Crippen molar-refractivity contribution >= 4 is 22.5 Å². The number of ether oxygens (including phenoxy) is 2. The Morgan fingerprint density at radius 2 is 1.48 bits per heavy atom. The van der Waals surface area contributed by atoms with Crippen LogP contribution in [-0.4, -0.2) is 29.2 Å². The summed E-state index contributed by atoms with van der Waals surface area (Å²) in [6, 6.07) is 15.7. The van der Waals surface area contributed by atoms with E-state index in [1.807, 2.05) is 48.7 Å². The monoisotopic (exact) mass is 377 g/mol. The molecule has 0 amide bonds. The molecule has 0 saturated heterocycles. The second-order valence-electron chi connectivity index (χ2n) is 5.89. The van der Waals surface area contributed by atoms with Gasteiger partial charge in [-0.25, -0.2) is 9.97 Å². The van der Waals surface area contributed by atoms with Gasteiger partial charge in [-0.1, -0.05) is 30.3 Å². The predicted octanol–water partition coefficient (Wildman–Crippen LogP) is 5.03. The van der Waals surface area contributed by atoms with Crippen LogP contribution in [0, 0.1) is 0 Å². The number of methoxy groups -OCH3 is 2. The van der Waals surface area contributed by atoms with Gasteiger partial charge in [0.15, 0.2) is 11.5 Å². The minimum Gasteiger partial charge on any atom is -0.493 e. The highest BCUT2D eigenvalue weighted by Crippen LogP contribution is 2.36. The standard InChI is InChI=1S/C21H16ClN3O2/c1-26-18-9-16-17(10-19(18)27-2)24-21(22)25-20(16)15-8-14(11-23-12-15)13-6-4-3-5-7-13/h3-12H,1-2H3. The van der Waals surface area contributed by atoms with Crippen molar-refractivity contribution in [1.82, 2.24) is 15.0 Å². The van der Waals surface area contributed by atoms with E-state index >= 15 is 0 Å². The lowest BCUT2D eigenvalue weighted by atomic mass is 10.0. The van der Waals surface area contributed by atoms with Crippen LogP contribution in [0.3, 0.4) is 0 Å². The van der Waals surface area contributed by atoms with Crippen LogP contribution < -0.4 is 9.47 Å². The molecule has 4 rings (SSSR count). The molecule has 5 nitrogen and oxygen atoms in total. The van der Waals surface area contributed by atoms with Crippen molar-refractivity contribution in [2.45, 2.75) is 0 Å². The Hall–Kier alpha value is -3.18. The van der Waals surface area contributed by atoms with Gasteiger partial charge in [-0.2, -0.15) is 0 Å². The molecule has 2 aromatic carbocycles. The molecule has 0 unspecified atom stereocenters. The summed E-state index contributed by atoms with van der Waals surface area (Å²) in [5.41, 5.74) is 4.29. The average molecular weight is 378 g/mol. The van der Waals surface area contributed by atoms with Gasteiger partial charge in [0, 0.05) is 35.0 Å². The molecule has 0 radical (unpaired) electrons. The second kappa shape index (κ2) is 7.21. The number of nitrogens with zero attached hydrogens (tertiary/aromatic N) is 3. The van der Waals surface area contributed by atoms with Gasteiger partial charge in [-0.15, -0.1) is 0 Å². The van der Waals surface area contributed by atoms with Gasteiger partial charge in [0.25, 0.3) is 0 Å². The summed E-state index contributed by atoms with van der Waals surface area (Å²) in [4.78, 5) is 13.2. The number of benzene rings is 2. The molecule has 0 aliphatic rings. The summed E-state index contributed by atoms with van der Waals surface area (Å²) in [7, 11) is 3.18. The van der Waals surface area contributed by atoms with E-state index in [0.717, 1.165) is 22.1 Å². The van der Waals surface area contributed by atoms with Gasteiger partial charge < -0.3 is 9.47 Å². The fraction of sp³-hybridized carbons (Fsp3) is 0.0952. The Balaban J connectivity index is 1.94. The van der Waals surface area contributed by atoms with Crippen molar-refractivity contribution in [2.75, 3.05) is 14.2 Å². The van der Waals surface area contributed by atoms with Gasteiger partial charge in [0.1, 0.15) is 0 Å². The van der Waals surface area contributed by atoms with Crippen LogP contribution in [0.2, 0.25) is 5.28 Å². The average Bonchev–Trinajstić information content (AvgIpc) is 2.73. The Labute approximate surface area is 161 Å². The molecule has 2 aromatic heterocycles. The van der Waals surface area contributed by atoms with Crippen molar-refractivity contribution in [2.24, 2.45) is 0 Å². The Morgan fingerprint density at radius 1 is 0.778 bits per heavy atom. The maximum atomic E-state index is 6.19. The van der Waals surface area contributed by atoms with Gasteiger partial charge in [-0.3, -0.25) is 4.98 Å². The number of rotatable bonds is 4. The molecular formula is C21H16ClN3O2. The quantitative estimate of drug-likeness (QED) is 0.467. The molecule has 0 saturated carbocycles. The van der Waals surface area contributed by atoms with Gasteiger partial charge in [0.05, 0.1) is 25.4 Å². The van der Waals surface area contributed by atoms with E-state index in [4.69, 9.17) is 21.1 Å². The van der Waals surface area contributed by atoms with Crippen LogP contribution in [0.15, 0.2) is 60.9 Å². The molecular weight excluding hydrogens is 362 g/mol. The van der Waals surface area contributed by atoms with E-state index in [2.05, 4.69) is 15.0 Å². The smallest absolute Gasteiger partial charge is 0.223 e. The first-order valence-electron chi connectivity index (χ1n) is 8.29. The number of aromatic nitrogens is 3. The fourth-order valence-corrected chi connectivity index (χ4v) is 3.18. The van der Waals surface area contributed by atoms with Crippen molar-refractivity contribution in [3.63, 3.8) is 0 Å². The normalized spacial score (nSPS) is 10.8. The molecule has 2 heterocycles. The number of fused-ring (bicyclic) bond motifs is 1. The van der Waals surface area contributed by atoms with Crippen LogP contribution in [0.1, 0.15) is 0 Å². The predicted molar refractivity (Wildman–Crippen MR) is 106 cm³/mol. The number of hydrogen-bond donors (Lipinski definition) is 0. The molecule has 0 aliphatic carbocycles. The van der Waals surface area contributed by atoms with Gasteiger partial charge in [0.2, 0.25) is 5.28 Å². The highest BCUT2D eigenvalue weighted by molar-refractivity contribution is 6.28. The molecule has 0 spiro atoms. The van der Waals surface area contributed by atoms with E-state index in [-0.39, 0.29) is 5.28 Å². The fourth-order valence-electron chi connectivity index (χ4n) is 3.01. The molecule has 0 atom stereocenters. The summed E-state index contributed by atoms with van der Waals surface area (Å²) in [6.07, 6.45) is 3.59. The second-order valence-corrected chi connectivity index (χ2v) is 6.23.